The Hall–Kier alpha value is -1.57. The van der Waals surface area contributed by atoms with Gasteiger partial charge in [0.1, 0.15) is 11.4 Å². The zero-order valence-electron chi connectivity index (χ0n) is 12.6. The highest BCUT2D eigenvalue weighted by atomic mass is 32.2. The van der Waals surface area contributed by atoms with E-state index in [1.54, 1.807) is 0 Å². The lowest BCUT2D eigenvalue weighted by molar-refractivity contribution is 0.0123. The Labute approximate surface area is 132 Å². The Morgan fingerprint density at radius 3 is 2.48 bits per heavy atom. The van der Waals surface area contributed by atoms with Crippen LogP contribution in [0, 0.1) is 5.82 Å². The van der Waals surface area contributed by atoms with Gasteiger partial charge in [-0.2, -0.15) is 8.78 Å². The molecule has 0 atom stereocenters. The summed E-state index contributed by atoms with van der Waals surface area (Å²) >= 11 is 0. The number of benzene rings is 1. The van der Waals surface area contributed by atoms with Crippen molar-refractivity contribution in [1.29, 1.82) is 0 Å². The van der Waals surface area contributed by atoms with Crippen LogP contribution in [0.15, 0.2) is 23.4 Å². The molecular weight excluding hydrogens is 331 g/mol. The molecule has 0 N–H and O–H groups in total. The number of halogens is 3. The van der Waals surface area contributed by atoms with Crippen LogP contribution < -0.4 is 0 Å². The number of hydrogen-bond donors (Lipinski definition) is 0. The molecule has 0 saturated heterocycles. The van der Waals surface area contributed by atoms with Crippen molar-refractivity contribution >= 4 is 14.9 Å². The monoisotopic (exact) mass is 347 g/mol. The summed E-state index contributed by atoms with van der Waals surface area (Å²) in [7, 11) is -5.16. The zero-order chi connectivity index (χ0) is 17.0. The van der Waals surface area contributed by atoms with Crippen LogP contribution in [0.1, 0.15) is 50.2 Å². The van der Waals surface area contributed by atoms with E-state index in [-0.39, 0.29) is 17.9 Å². The summed E-state index contributed by atoms with van der Waals surface area (Å²) in [5.74, 6) is -1.44. The number of hydrogen-bond acceptors (Lipinski definition) is 4. The van der Waals surface area contributed by atoms with Gasteiger partial charge in [0.25, 0.3) is 9.84 Å². The minimum atomic E-state index is -5.16. The molecular formula is C15H16F3NO3S. The fourth-order valence-electron chi connectivity index (χ4n) is 2.61. The third-order valence-electron chi connectivity index (χ3n) is 3.97. The molecule has 0 bridgehead atoms. The third kappa shape index (κ3) is 2.62. The summed E-state index contributed by atoms with van der Waals surface area (Å²) in [4.78, 5) is 4.87. The van der Waals surface area contributed by atoms with Gasteiger partial charge in [-0.15, -0.1) is 0 Å². The summed E-state index contributed by atoms with van der Waals surface area (Å²) < 4.78 is 68.4. The summed E-state index contributed by atoms with van der Waals surface area (Å²) in [6.45, 7) is 3.08. The van der Waals surface area contributed by atoms with Gasteiger partial charge in [0.05, 0.1) is 5.56 Å². The molecule has 0 spiro atoms. The quantitative estimate of drug-likeness (QED) is 0.838. The number of nitrogens with zero attached hydrogens (tertiary/aromatic N) is 1. The van der Waals surface area contributed by atoms with Crippen molar-refractivity contribution in [3.05, 3.63) is 35.1 Å². The maximum atomic E-state index is 14.8. The Morgan fingerprint density at radius 1 is 1.30 bits per heavy atom. The third-order valence-corrected chi connectivity index (χ3v) is 5.69. The normalized spacial score (nSPS) is 21.0. The van der Waals surface area contributed by atoms with Gasteiger partial charge >= 0.3 is 5.25 Å². The highest BCUT2D eigenvalue weighted by Gasteiger charge is 2.56. The number of rotatable bonds is 3. The second-order valence-electron chi connectivity index (χ2n) is 6.51. The van der Waals surface area contributed by atoms with Crippen LogP contribution in [0.2, 0.25) is 0 Å². The number of alkyl halides is 2. The van der Waals surface area contributed by atoms with E-state index in [1.807, 2.05) is 0 Å². The summed E-state index contributed by atoms with van der Waals surface area (Å²) in [6.07, 6.45) is 1.01. The standard InChI is InChI=1S/C15H16F3NO3S/c1-14(2)8-12(19-22-14)23(20,21)15(17,18)13-10(9-6-7-9)4-3-5-11(13)16/h3-5,9H,6-8H2,1-2H3. The molecule has 1 fully saturated rings. The van der Waals surface area contributed by atoms with Gasteiger partial charge in [-0.25, -0.2) is 12.8 Å². The molecule has 1 saturated carbocycles. The number of sulfone groups is 1. The molecule has 3 rings (SSSR count). The molecule has 126 valence electrons. The first-order valence-electron chi connectivity index (χ1n) is 7.23. The van der Waals surface area contributed by atoms with Gasteiger partial charge in [0.2, 0.25) is 0 Å². The van der Waals surface area contributed by atoms with Gasteiger partial charge in [0.15, 0.2) is 5.04 Å². The molecule has 1 aromatic rings. The molecule has 0 radical (unpaired) electrons. The fourth-order valence-corrected chi connectivity index (χ4v) is 4.07. The lowest BCUT2D eigenvalue weighted by atomic mass is 10.0. The van der Waals surface area contributed by atoms with Crippen molar-refractivity contribution in [3.8, 4) is 0 Å². The Morgan fingerprint density at radius 2 is 1.96 bits per heavy atom. The largest absolute Gasteiger partial charge is 0.389 e. The molecule has 1 aliphatic carbocycles. The predicted molar refractivity (Wildman–Crippen MR) is 78.4 cm³/mol. The van der Waals surface area contributed by atoms with Crippen molar-refractivity contribution < 1.29 is 26.4 Å². The van der Waals surface area contributed by atoms with Crippen LogP contribution in [-0.4, -0.2) is 19.1 Å². The van der Waals surface area contributed by atoms with Gasteiger partial charge in [0, 0.05) is 6.42 Å². The molecule has 23 heavy (non-hydrogen) atoms. The lowest BCUT2D eigenvalue weighted by Gasteiger charge is -2.21. The van der Waals surface area contributed by atoms with Gasteiger partial charge in [-0.05, 0) is 44.2 Å². The van der Waals surface area contributed by atoms with E-state index in [9.17, 15) is 21.6 Å². The molecule has 0 amide bonds. The van der Waals surface area contributed by atoms with Crippen molar-refractivity contribution in [2.75, 3.05) is 0 Å². The molecule has 0 unspecified atom stereocenters. The minimum Gasteiger partial charge on any atom is -0.389 e. The molecule has 1 heterocycles. The molecule has 1 aliphatic heterocycles. The van der Waals surface area contributed by atoms with Gasteiger partial charge in [-0.1, -0.05) is 17.3 Å². The molecule has 8 heteroatoms. The highest BCUT2D eigenvalue weighted by molar-refractivity contribution is 8.06. The lowest BCUT2D eigenvalue weighted by Crippen LogP contribution is -2.35. The average Bonchev–Trinajstić information content (AvgIpc) is 3.21. The summed E-state index contributed by atoms with van der Waals surface area (Å²) in [5, 5.41) is -1.84. The van der Waals surface area contributed by atoms with Crippen LogP contribution in [0.5, 0.6) is 0 Å². The molecule has 1 aromatic carbocycles. The SMILES string of the molecule is CC1(C)CC(S(=O)(=O)C(F)(F)c2c(F)cccc2C2CC2)=NO1. The summed E-state index contributed by atoms with van der Waals surface area (Å²) in [6, 6.07) is 3.52. The van der Waals surface area contributed by atoms with Gasteiger partial charge in [-0.3, -0.25) is 0 Å². The second-order valence-corrected chi connectivity index (χ2v) is 8.50. The van der Waals surface area contributed by atoms with E-state index in [0.717, 1.165) is 6.07 Å². The maximum absolute atomic E-state index is 14.8. The van der Waals surface area contributed by atoms with Crippen LogP contribution in [0.4, 0.5) is 13.2 Å². The Kier molecular flexibility index (Phi) is 3.51. The Bertz CT molecular complexity index is 783. The highest BCUT2D eigenvalue weighted by Crippen LogP contribution is 2.48. The van der Waals surface area contributed by atoms with E-state index in [0.29, 0.717) is 12.8 Å². The topological polar surface area (TPSA) is 55.7 Å². The van der Waals surface area contributed by atoms with Crippen molar-refractivity contribution in [2.24, 2.45) is 5.16 Å². The molecule has 2 aliphatic rings. The predicted octanol–water partition coefficient (Wildman–Crippen LogP) is 3.68. The fraction of sp³-hybridized carbons (Fsp3) is 0.533. The van der Waals surface area contributed by atoms with Crippen molar-refractivity contribution in [1.82, 2.24) is 0 Å². The minimum absolute atomic E-state index is 0.0531. The van der Waals surface area contributed by atoms with Crippen LogP contribution in [0.25, 0.3) is 0 Å². The van der Waals surface area contributed by atoms with E-state index < -0.39 is 37.1 Å². The second kappa shape index (κ2) is 4.96. The summed E-state index contributed by atoms with van der Waals surface area (Å²) in [5.41, 5.74) is -1.99. The molecule has 4 nitrogen and oxygen atoms in total. The average molecular weight is 347 g/mol. The first kappa shape index (κ1) is 16.3. The zero-order valence-corrected chi connectivity index (χ0v) is 13.5. The van der Waals surface area contributed by atoms with Crippen LogP contribution >= 0.6 is 0 Å². The van der Waals surface area contributed by atoms with E-state index in [1.165, 1.54) is 26.0 Å². The first-order valence-corrected chi connectivity index (χ1v) is 8.71. The van der Waals surface area contributed by atoms with E-state index in [2.05, 4.69) is 5.16 Å². The van der Waals surface area contributed by atoms with Crippen LogP contribution in [-0.2, 0) is 19.9 Å². The van der Waals surface area contributed by atoms with Crippen molar-refractivity contribution in [2.45, 2.75) is 49.9 Å². The number of oxime groups is 1. The molecule has 0 aromatic heterocycles. The van der Waals surface area contributed by atoms with Gasteiger partial charge < -0.3 is 4.84 Å². The Balaban J connectivity index is 2.09. The van der Waals surface area contributed by atoms with E-state index in [4.69, 9.17) is 4.84 Å². The van der Waals surface area contributed by atoms with Crippen molar-refractivity contribution in [3.63, 3.8) is 0 Å². The maximum Gasteiger partial charge on any atom is 0.379 e. The first-order chi connectivity index (χ1) is 10.6. The smallest absolute Gasteiger partial charge is 0.379 e. The van der Waals surface area contributed by atoms with Crippen LogP contribution in [0.3, 0.4) is 0 Å². The van der Waals surface area contributed by atoms with E-state index >= 15 is 0 Å².